The summed E-state index contributed by atoms with van der Waals surface area (Å²) in [5.41, 5.74) is 0. The SMILES string of the molecule is N#CCCN(C(=O)COc1ccccc1)C1CC1. The van der Waals surface area contributed by atoms with Crippen molar-refractivity contribution in [1.82, 2.24) is 4.90 Å². The Morgan fingerprint density at radius 3 is 2.72 bits per heavy atom. The molecule has 1 amide bonds. The number of hydrogen-bond acceptors (Lipinski definition) is 3. The highest BCUT2D eigenvalue weighted by atomic mass is 16.5. The zero-order chi connectivity index (χ0) is 12.8. The average molecular weight is 244 g/mol. The van der Waals surface area contributed by atoms with Crippen LogP contribution in [0.3, 0.4) is 0 Å². The molecule has 4 nitrogen and oxygen atoms in total. The number of nitrogens with zero attached hydrogens (tertiary/aromatic N) is 2. The van der Waals surface area contributed by atoms with Crippen LogP contribution in [0.4, 0.5) is 0 Å². The number of nitriles is 1. The van der Waals surface area contributed by atoms with E-state index in [0.29, 0.717) is 24.8 Å². The Balaban J connectivity index is 1.84. The molecule has 0 bridgehead atoms. The molecule has 1 aromatic rings. The molecule has 1 aromatic carbocycles. The van der Waals surface area contributed by atoms with Gasteiger partial charge in [0.15, 0.2) is 6.61 Å². The van der Waals surface area contributed by atoms with Gasteiger partial charge in [-0.05, 0) is 25.0 Å². The Hall–Kier alpha value is -2.02. The fourth-order valence-electron chi connectivity index (χ4n) is 1.81. The predicted octanol–water partition coefficient (Wildman–Crippen LogP) is 1.97. The molecule has 2 rings (SSSR count). The molecule has 1 aliphatic carbocycles. The Labute approximate surface area is 107 Å². The van der Waals surface area contributed by atoms with E-state index < -0.39 is 0 Å². The van der Waals surface area contributed by atoms with Crippen molar-refractivity contribution in [3.63, 3.8) is 0 Å². The summed E-state index contributed by atoms with van der Waals surface area (Å²) in [7, 11) is 0. The van der Waals surface area contributed by atoms with E-state index in [9.17, 15) is 4.79 Å². The normalized spacial score (nSPS) is 13.7. The van der Waals surface area contributed by atoms with Crippen LogP contribution >= 0.6 is 0 Å². The molecule has 0 heterocycles. The quantitative estimate of drug-likeness (QED) is 0.768. The largest absolute Gasteiger partial charge is 0.484 e. The summed E-state index contributed by atoms with van der Waals surface area (Å²) in [6, 6.07) is 11.7. The van der Waals surface area contributed by atoms with Crippen LogP contribution in [0.25, 0.3) is 0 Å². The maximum atomic E-state index is 12.0. The maximum absolute atomic E-state index is 12.0. The molecule has 0 aliphatic heterocycles. The molecule has 0 saturated heterocycles. The van der Waals surface area contributed by atoms with Gasteiger partial charge < -0.3 is 9.64 Å². The third-order valence-electron chi connectivity index (χ3n) is 2.88. The first-order valence-electron chi connectivity index (χ1n) is 6.15. The molecule has 0 radical (unpaired) electrons. The molecule has 18 heavy (non-hydrogen) atoms. The van der Waals surface area contributed by atoms with E-state index in [0.717, 1.165) is 12.8 Å². The van der Waals surface area contributed by atoms with Gasteiger partial charge in [-0.15, -0.1) is 0 Å². The molecule has 4 heteroatoms. The van der Waals surface area contributed by atoms with Gasteiger partial charge in [0.25, 0.3) is 5.91 Å². The molecule has 1 saturated carbocycles. The topological polar surface area (TPSA) is 53.3 Å². The van der Waals surface area contributed by atoms with Crippen molar-refractivity contribution >= 4 is 5.91 Å². The Morgan fingerprint density at radius 2 is 2.11 bits per heavy atom. The second-order valence-electron chi connectivity index (χ2n) is 4.33. The molecule has 0 N–H and O–H groups in total. The van der Waals surface area contributed by atoms with E-state index in [2.05, 4.69) is 6.07 Å². The van der Waals surface area contributed by atoms with Crippen molar-refractivity contribution in [2.75, 3.05) is 13.2 Å². The van der Waals surface area contributed by atoms with Gasteiger partial charge in [-0.25, -0.2) is 0 Å². The summed E-state index contributed by atoms with van der Waals surface area (Å²) in [4.78, 5) is 13.8. The number of benzene rings is 1. The molecule has 94 valence electrons. The molecular formula is C14H16N2O2. The van der Waals surface area contributed by atoms with Gasteiger partial charge in [0.2, 0.25) is 0 Å². The second kappa shape index (κ2) is 6.06. The number of carbonyl (C=O) groups is 1. The van der Waals surface area contributed by atoms with Crippen LogP contribution in [0.2, 0.25) is 0 Å². The highest BCUT2D eigenvalue weighted by molar-refractivity contribution is 5.78. The summed E-state index contributed by atoms with van der Waals surface area (Å²) in [6.45, 7) is 0.560. The summed E-state index contributed by atoms with van der Waals surface area (Å²) in [6.07, 6.45) is 2.47. The van der Waals surface area contributed by atoms with E-state index in [1.165, 1.54) is 0 Å². The summed E-state index contributed by atoms with van der Waals surface area (Å²) in [5, 5.41) is 8.59. The fraction of sp³-hybridized carbons (Fsp3) is 0.429. The van der Waals surface area contributed by atoms with Gasteiger partial charge in [-0.2, -0.15) is 5.26 Å². The minimum Gasteiger partial charge on any atom is -0.484 e. The number of para-hydroxylation sites is 1. The summed E-state index contributed by atoms with van der Waals surface area (Å²) >= 11 is 0. The van der Waals surface area contributed by atoms with Crippen LogP contribution in [-0.2, 0) is 4.79 Å². The standard InChI is InChI=1S/C14H16N2O2/c15-9-4-10-16(12-7-8-12)14(17)11-18-13-5-2-1-3-6-13/h1-3,5-6,12H,4,7-8,10-11H2. The third-order valence-corrected chi connectivity index (χ3v) is 2.88. The van der Waals surface area contributed by atoms with Gasteiger partial charge >= 0.3 is 0 Å². The molecule has 0 aromatic heterocycles. The van der Waals surface area contributed by atoms with Crippen molar-refractivity contribution in [2.45, 2.75) is 25.3 Å². The average Bonchev–Trinajstić information content (AvgIpc) is 3.22. The van der Waals surface area contributed by atoms with E-state index in [1.54, 1.807) is 4.90 Å². The smallest absolute Gasteiger partial charge is 0.260 e. The lowest BCUT2D eigenvalue weighted by atomic mass is 10.3. The minimum absolute atomic E-state index is 0.0309. The number of ether oxygens (including phenoxy) is 1. The van der Waals surface area contributed by atoms with E-state index >= 15 is 0 Å². The molecule has 1 aliphatic rings. The van der Waals surface area contributed by atoms with Crippen molar-refractivity contribution in [1.29, 1.82) is 5.26 Å². The summed E-state index contributed by atoms with van der Waals surface area (Å²) < 4.78 is 5.43. The lowest BCUT2D eigenvalue weighted by Gasteiger charge is -2.21. The predicted molar refractivity (Wildman–Crippen MR) is 66.9 cm³/mol. The number of carbonyl (C=O) groups excluding carboxylic acids is 1. The lowest BCUT2D eigenvalue weighted by Crippen LogP contribution is -2.37. The first-order valence-corrected chi connectivity index (χ1v) is 6.15. The Kier molecular flexibility index (Phi) is 4.19. The molecular weight excluding hydrogens is 228 g/mol. The zero-order valence-electron chi connectivity index (χ0n) is 10.2. The number of amides is 1. The van der Waals surface area contributed by atoms with Crippen LogP contribution in [0.15, 0.2) is 30.3 Å². The highest BCUT2D eigenvalue weighted by Gasteiger charge is 2.32. The maximum Gasteiger partial charge on any atom is 0.260 e. The lowest BCUT2D eigenvalue weighted by molar-refractivity contribution is -0.133. The number of hydrogen-bond donors (Lipinski definition) is 0. The Morgan fingerprint density at radius 1 is 1.39 bits per heavy atom. The van der Waals surface area contributed by atoms with E-state index in [-0.39, 0.29) is 12.5 Å². The first kappa shape index (κ1) is 12.4. The minimum atomic E-state index is -0.0309. The molecule has 1 fully saturated rings. The second-order valence-corrected chi connectivity index (χ2v) is 4.33. The van der Waals surface area contributed by atoms with Crippen molar-refractivity contribution in [3.8, 4) is 11.8 Å². The van der Waals surface area contributed by atoms with E-state index in [1.807, 2.05) is 30.3 Å². The van der Waals surface area contributed by atoms with E-state index in [4.69, 9.17) is 10.00 Å². The van der Waals surface area contributed by atoms with Gasteiger partial charge in [-0.1, -0.05) is 18.2 Å². The van der Waals surface area contributed by atoms with Gasteiger partial charge in [0.1, 0.15) is 5.75 Å². The Bertz CT molecular complexity index is 435. The van der Waals surface area contributed by atoms with Gasteiger partial charge in [-0.3, -0.25) is 4.79 Å². The third kappa shape index (κ3) is 3.49. The van der Waals surface area contributed by atoms with Crippen LogP contribution < -0.4 is 4.74 Å². The first-order chi connectivity index (χ1) is 8.81. The highest BCUT2D eigenvalue weighted by Crippen LogP contribution is 2.27. The molecule has 0 unspecified atom stereocenters. The molecule has 0 spiro atoms. The van der Waals surface area contributed by atoms with Crippen LogP contribution in [0.1, 0.15) is 19.3 Å². The van der Waals surface area contributed by atoms with Crippen molar-refractivity contribution in [2.24, 2.45) is 0 Å². The van der Waals surface area contributed by atoms with Crippen LogP contribution in [0.5, 0.6) is 5.75 Å². The van der Waals surface area contributed by atoms with Gasteiger partial charge in [0.05, 0.1) is 12.5 Å². The molecule has 0 atom stereocenters. The van der Waals surface area contributed by atoms with Crippen LogP contribution in [0, 0.1) is 11.3 Å². The van der Waals surface area contributed by atoms with Gasteiger partial charge in [0, 0.05) is 12.6 Å². The van der Waals surface area contributed by atoms with Crippen molar-refractivity contribution < 1.29 is 9.53 Å². The van der Waals surface area contributed by atoms with Crippen LogP contribution in [-0.4, -0.2) is 30.0 Å². The fourth-order valence-corrected chi connectivity index (χ4v) is 1.81. The zero-order valence-corrected chi connectivity index (χ0v) is 10.2. The van der Waals surface area contributed by atoms with Crippen molar-refractivity contribution in [3.05, 3.63) is 30.3 Å². The number of rotatable bonds is 6. The monoisotopic (exact) mass is 244 g/mol. The summed E-state index contributed by atoms with van der Waals surface area (Å²) in [5.74, 6) is 0.665.